The van der Waals surface area contributed by atoms with Gasteiger partial charge < -0.3 is 10.2 Å². The van der Waals surface area contributed by atoms with Crippen molar-refractivity contribution in [3.8, 4) is 0 Å². The van der Waals surface area contributed by atoms with Gasteiger partial charge in [0.2, 0.25) is 16.9 Å². The second kappa shape index (κ2) is 9.48. The van der Waals surface area contributed by atoms with Crippen LogP contribution >= 0.6 is 11.5 Å². The molecule has 3 heterocycles. The van der Waals surface area contributed by atoms with Gasteiger partial charge in [-0.3, -0.25) is 14.2 Å². The molecular formula is C25H25FN6O4S2. The number of rotatable bonds is 6. The van der Waals surface area contributed by atoms with E-state index in [1.165, 1.54) is 16.7 Å². The number of amides is 1. The van der Waals surface area contributed by atoms with Gasteiger partial charge in [0, 0.05) is 38.0 Å². The molecule has 0 radical (unpaired) electrons. The van der Waals surface area contributed by atoms with Crippen molar-refractivity contribution < 1.29 is 17.6 Å². The SMILES string of the molecule is CC(=O)NS(=O)(=O)c1nscc1N[C@H](C)c1cc(C)cc2c(=O)n(C)c(N3Cc4ccc(F)cc4C3)nc12. The molecule has 0 saturated carbocycles. The summed E-state index contributed by atoms with van der Waals surface area (Å²) in [7, 11) is -2.49. The molecule has 1 aliphatic rings. The van der Waals surface area contributed by atoms with E-state index in [0.29, 0.717) is 35.5 Å². The van der Waals surface area contributed by atoms with Crippen molar-refractivity contribution in [2.75, 3.05) is 10.2 Å². The maximum absolute atomic E-state index is 13.8. The molecule has 0 spiro atoms. The number of hydrogen-bond donors (Lipinski definition) is 2. The van der Waals surface area contributed by atoms with Gasteiger partial charge in [0.25, 0.3) is 15.6 Å². The number of aryl methyl sites for hydroxylation is 1. The Kier molecular flexibility index (Phi) is 6.43. The van der Waals surface area contributed by atoms with E-state index in [9.17, 15) is 22.4 Å². The first-order chi connectivity index (χ1) is 17.9. The predicted molar refractivity (Wildman–Crippen MR) is 143 cm³/mol. The highest BCUT2D eigenvalue weighted by Gasteiger charge is 2.27. The standard InChI is InChI=1S/C25H25FN6O4S2/c1-13-7-19(14(2)27-21-12-37-29-23(21)38(35,36)30-15(3)33)22-20(8-13)24(34)31(4)25(28-22)32-10-16-5-6-18(26)9-17(16)11-32/h5-9,12,14,27H,10-11H2,1-4H3,(H,30,33)/t14-/m1/s1. The Hall–Kier alpha value is -3.84. The molecule has 5 rings (SSSR count). The zero-order chi connectivity index (χ0) is 27.4. The van der Waals surface area contributed by atoms with E-state index in [1.54, 1.807) is 24.6 Å². The number of halogens is 1. The van der Waals surface area contributed by atoms with Crippen molar-refractivity contribution in [2.24, 2.45) is 7.05 Å². The van der Waals surface area contributed by atoms with Gasteiger partial charge in [0.1, 0.15) is 5.82 Å². The van der Waals surface area contributed by atoms with Gasteiger partial charge in [-0.1, -0.05) is 12.1 Å². The normalized spacial score (nSPS) is 14.0. The van der Waals surface area contributed by atoms with Crippen LogP contribution in [0.5, 0.6) is 0 Å². The second-order valence-electron chi connectivity index (χ2n) is 9.36. The number of benzene rings is 2. The van der Waals surface area contributed by atoms with Crippen LogP contribution in [0.15, 0.2) is 45.5 Å². The number of anilines is 2. The minimum Gasteiger partial charge on any atom is -0.375 e. The molecule has 1 amide bonds. The molecule has 0 aliphatic carbocycles. The van der Waals surface area contributed by atoms with Crippen molar-refractivity contribution in [3.63, 3.8) is 0 Å². The van der Waals surface area contributed by atoms with Gasteiger partial charge in [-0.2, -0.15) is 12.8 Å². The van der Waals surface area contributed by atoms with E-state index in [2.05, 4.69) is 9.69 Å². The fraction of sp³-hybridized carbons (Fsp3) is 0.280. The third-order valence-electron chi connectivity index (χ3n) is 6.41. The molecule has 1 atom stereocenters. The summed E-state index contributed by atoms with van der Waals surface area (Å²) < 4.78 is 46.3. The van der Waals surface area contributed by atoms with Crippen molar-refractivity contribution in [2.45, 2.75) is 44.9 Å². The third kappa shape index (κ3) is 4.63. The lowest BCUT2D eigenvalue weighted by atomic mass is 10.0. The monoisotopic (exact) mass is 556 g/mol. The zero-order valence-electron chi connectivity index (χ0n) is 21.1. The first kappa shape index (κ1) is 25.8. The molecule has 13 heteroatoms. The summed E-state index contributed by atoms with van der Waals surface area (Å²) in [5, 5.41) is 4.85. The van der Waals surface area contributed by atoms with Crippen LogP contribution in [-0.4, -0.2) is 28.2 Å². The Bertz CT molecular complexity index is 1770. The maximum Gasteiger partial charge on any atom is 0.284 e. The molecule has 1 aliphatic heterocycles. The molecule has 0 saturated heterocycles. The molecule has 2 N–H and O–H groups in total. The Morgan fingerprint density at radius 2 is 1.92 bits per heavy atom. The summed E-state index contributed by atoms with van der Waals surface area (Å²) >= 11 is 0.937. The number of hydrogen-bond acceptors (Lipinski definition) is 9. The maximum atomic E-state index is 13.8. The van der Waals surface area contributed by atoms with E-state index >= 15 is 0 Å². The number of aromatic nitrogens is 3. The molecular weight excluding hydrogens is 531 g/mol. The minimum atomic E-state index is -4.15. The van der Waals surface area contributed by atoms with Crippen molar-refractivity contribution in [3.05, 3.63) is 74.1 Å². The topological polar surface area (TPSA) is 126 Å². The van der Waals surface area contributed by atoms with Gasteiger partial charge in [-0.05, 0) is 60.3 Å². The first-order valence-electron chi connectivity index (χ1n) is 11.7. The van der Waals surface area contributed by atoms with E-state index in [4.69, 9.17) is 4.98 Å². The van der Waals surface area contributed by atoms with Gasteiger partial charge in [0.05, 0.1) is 22.6 Å². The highest BCUT2D eigenvalue weighted by Crippen LogP contribution is 2.32. The van der Waals surface area contributed by atoms with Gasteiger partial charge in [-0.15, -0.1) is 0 Å². The van der Waals surface area contributed by atoms with Crippen molar-refractivity contribution in [1.82, 2.24) is 18.6 Å². The number of nitrogens with zero attached hydrogens (tertiary/aromatic N) is 4. The molecule has 2 aromatic carbocycles. The van der Waals surface area contributed by atoms with Crippen LogP contribution < -0.4 is 20.5 Å². The van der Waals surface area contributed by atoms with Crippen LogP contribution in [0.1, 0.15) is 42.1 Å². The lowest BCUT2D eigenvalue weighted by Crippen LogP contribution is -2.29. The molecule has 0 unspecified atom stereocenters. The largest absolute Gasteiger partial charge is 0.375 e. The van der Waals surface area contributed by atoms with Crippen LogP contribution in [-0.2, 0) is 35.0 Å². The van der Waals surface area contributed by atoms with Crippen LogP contribution in [0.4, 0.5) is 16.0 Å². The summed E-state index contributed by atoms with van der Waals surface area (Å²) in [5.41, 5.74) is 3.82. The second-order valence-corrected chi connectivity index (χ2v) is 11.6. The quantitative estimate of drug-likeness (QED) is 0.370. The van der Waals surface area contributed by atoms with Crippen LogP contribution in [0.3, 0.4) is 0 Å². The average Bonchev–Trinajstić information content (AvgIpc) is 3.47. The van der Waals surface area contributed by atoms with Gasteiger partial charge >= 0.3 is 0 Å². The molecule has 0 fully saturated rings. The van der Waals surface area contributed by atoms with Crippen LogP contribution in [0, 0.1) is 12.7 Å². The smallest absolute Gasteiger partial charge is 0.284 e. The summed E-state index contributed by atoms with van der Waals surface area (Å²) in [6.45, 7) is 5.71. The Balaban J connectivity index is 1.56. The fourth-order valence-corrected chi connectivity index (χ4v) is 6.73. The first-order valence-corrected chi connectivity index (χ1v) is 14.0. The summed E-state index contributed by atoms with van der Waals surface area (Å²) in [5.74, 6) is -0.588. The van der Waals surface area contributed by atoms with Crippen LogP contribution in [0.2, 0.25) is 0 Å². The third-order valence-corrected chi connectivity index (χ3v) is 8.53. The van der Waals surface area contributed by atoms with Gasteiger partial charge in [0.15, 0.2) is 0 Å². The predicted octanol–water partition coefficient (Wildman–Crippen LogP) is 3.36. The number of carbonyl (C=O) groups excluding carboxylic acids is 1. The molecule has 10 nitrogen and oxygen atoms in total. The fourth-order valence-electron chi connectivity index (χ4n) is 4.72. The summed E-state index contributed by atoms with van der Waals surface area (Å²) in [6.07, 6.45) is 0. The van der Waals surface area contributed by atoms with E-state index in [0.717, 1.165) is 35.1 Å². The Morgan fingerprint density at radius 3 is 2.66 bits per heavy atom. The van der Waals surface area contributed by atoms with Crippen LogP contribution in [0.25, 0.3) is 10.9 Å². The molecule has 2 aromatic heterocycles. The lowest BCUT2D eigenvalue weighted by Gasteiger charge is -2.22. The Labute approximate surface area is 222 Å². The number of nitrogens with one attached hydrogen (secondary N) is 2. The summed E-state index contributed by atoms with van der Waals surface area (Å²) in [6, 6.07) is 7.85. The van der Waals surface area contributed by atoms with E-state index < -0.39 is 22.0 Å². The van der Waals surface area contributed by atoms with Crippen molar-refractivity contribution in [1.29, 1.82) is 0 Å². The van der Waals surface area contributed by atoms with Gasteiger partial charge in [-0.25, -0.2) is 14.1 Å². The average molecular weight is 557 g/mol. The highest BCUT2D eigenvalue weighted by atomic mass is 32.2. The number of fused-ring (bicyclic) bond motifs is 2. The zero-order valence-corrected chi connectivity index (χ0v) is 22.7. The molecule has 198 valence electrons. The van der Waals surface area contributed by atoms with E-state index in [-0.39, 0.29) is 22.1 Å². The number of sulfonamides is 1. The number of carbonyl (C=O) groups is 1. The highest BCUT2D eigenvalue weighted by molar-refractivity contribution is 7.90. The van der Waals surface area contributed by atoms with Crippen molar-refractivity contribution >= 4 is 50.0 Å². The summed E-state index contributed by atoms with van der Waals surface area (Å²) in [4.78, 5) is 31.7. The lowest BCUT2D eigenvalue weighted by molar-refractivity contribution is -0.117. The molecule has 0 bridgehead atoms. The molecule has 38 heavy (non-hydrogen) atoms. The Morgan fingerprint density at radius 1 is 1.18 bits per heavy atom. The van der Waals surface area contributed by atoms with E-state index in [1.807, 2.05) is 29.5 Å². The molecule has 4 aromatic rings. The minimum absolute atomic E-state index is 0.226.